The first-order valence-corrected chi connectivity index (χ1v) is 7.82. The van der Waals surface area contributed by atoms with Crippen molar-refractivity contribution in [3.05, 3.63) is 0 Å². The van der Waals surface area contributed by atoms with E-state index in [4.69, 9.17) is 5.73 Å². The molecule has 2 bridgehead atoms. The Hall–Kier alpha value is -0.0800. The summed E-state index contributed by atoms with van der Waals surface area (Å²) in [5.41, 5.74) is 6.06. The Bertz CT molecular complexity index is 247. The molecule has 1 aliphatic heterocycles. The molecule has 0 radical (unpaired) electrons. The first kappa shape index (κ1) is 12.0. The molecule has 0 amide bonds. The van der Waals surface area contributed by atoms with Gasteiger partial charge in [-0.25, -0.2) is 0 Å². The molecule has 3 aliphatic rings. The molecule has 1 heterocycles. The average molecular weight is 236 g/mol. The van der Waals surface area contributed by atoms with Crippen LogP contribution >= 0.6 is 0 Å². The predicted molar refractivity (Wildman–Crippen MR) is 71.9 cm³/mol. The van der Waals surface area contributed by atoms with Crippen molar-refractivity contribution in [1.29, 1.82) is 0 Å². The number of likely N-dealkylation sites (tertiary alicyclic amines) is 1. The third-order valence-corrected chi connectivity index (χ3v) is 5.52. The number of rotatable bonds is 4. The van der Waals surface area contributed by atoms with E-state index in [0.717, 1.165) is 24.4 Å². The topological polar surface area (TPSA) is 29.3 Å². The number of nitrogens with zero attached hydrogens (tertiary/aromatic N) is 1. The summed E-state index contributed by atoms with van der Waals surface area (Å²) >= 11 is 0. The Labute approximate surface area is 106 Å². The van der Waals surface area contributed by atoms with Crippen LogP contribution in [0.3, 0.4) is 0 Å². The molecule has 3 fully saturated rings. The van der Waals surface area contributed by atoms with Gasteiger partial charge in [0.1, 0.15) is 0 Å². The minimum absolute atomic E-state index is 0.702. The SMILES string of the molecule is NCC(CC1CCCCC1)N1CC2CCC1C2. The molecule has 2 heteroatoms. The molecule has 0 aromatic rings. The Morgan fingerprint density at radius 2 is 1.88 bits per heavy atom. The van der Waals surface area contributed by atoms with E-state index < -0.39 is 0 Å². The molecule has 2 N–H and O–H groups in total. The van der Waals surface area contributed by atoms with Crippen LogP contribution in [0.15, 0.2) is 0 Å². The summed E-state index contributed by atoms with van der Waals surface area (Å²) in [5.74, 6) is 2.00. The van der Waals surface area contributed by atoms with Crippen LogP contribution in [-0.2, 0) is 0 Å². The van der Waals surface area contributed by atoms with Crippen molar-refractivity contribution < 1.29 is 0 Å². The minimum atomic E-state index is 0.702. The smallest absolute Gasteiger partial charge is 0.0224 e. The second kappa shape index (κ2) is 5.27. The van der Waals surface area contributed by atoms with Crippen molar-refractivity contribution in [3.8, 4) is 0 Å². The van der Waals surface area contributed by atoms with Crippen LogP contribution in [0.2, 0.25) is 0 Å². The highest BCUT2D eigenvalue weighted by Gasteiger charge is 2.40. The van der Waals surface area contributed by atoms with Gasteiger partial charge in [-0.15, -0.1) is 0 Å². The second-order valence-corrected chi connectivity index (χ2v) is 6.66. The lowest BCUT2D eigenvalue weighted by molar-refractivity contribution is 0.124. The summed E-state index contributed by atoms with van der Waals surface area (Å²) in [6.45, 7) is 2.25. The average Bonchev–Trinajstić information content (AvgIpc) is 2.99. The number of nitrogens with two attached hydrogens (primary N) is 1. The maximum Gasteiger partial charge on any atom is 0.0224 e. The third kappa shape index (κ3) is 2.53. The zero-order valence-electron chi connectivity index (χ0n) is 11.1. The fourth-order valence-corrected chi connectivity index (χ4v) is 4.58. The van der Waals surface area contributed by atoms with Gasteiger partial charge < -0.3 is 5.73 Å². The van der Waals surface area contributed by atoms with Gasteiger partial charge in [-0.05, 0) is 37.5 Å². The van der Waals surface area contributed by atoms with Gasteiger partial charge >= 0.3 is 0 Å². The molecule has 0 spiro atoms. The van der Waals surface area contributed by atoms with Crippen LogP contribution in [-0.4, -0.2) is 30.1 Å². The van der Waals surface area contributed by atoms with Crippen LogP contribution in [0.4, 0.5) is 0 Å². The zero-order valence-corrected chi connectivity index (χ0v) is 11.1. The van der Waals surface area contributed by atoms with Crippen LogP contribution < -0.4 is 5.73 Å². The van der Waals surface area contributed by atoms with E-state index in [9.17, 15) is 0 Å². The van der Waals surface area contributed by atoms with Gasteiger partial charge in [-0.2, -0.15) is 0 Å². The summed E-state index contributed by atoms with van der Waals surface area (Å²) in [6, 6.07) is 1.60. The molecule has 98 valence electrons. The van der Waals surface area contributed by atoms with Gasteiger partial charge in [0.25, 0.3) is 0 Å². The highest BCUT2D eigenvalue weighted by Crippen LogP contribution is 2.40. The highest BCUT2D eigenvalue weighted by molar-refractivity contribution is 4.95. The van der Waals surface area contributed by atoms with Gasteiger partial charge in [-0.1, -0.05) is 32.1 Å². The Kier molecular flexibility index (Phi) is 3.72. The standard InChI is InChI=1S/C15H28N2/c16-10-15(8-12-4-2-1-3-5-12)17-11-13-6-7-14(17)9-13/h12-15H,1-11,16H2. The van der Waals surface area contributed by atoms with Crippen LogP contribution in [0.25, 0.3) is 0 Å². The van der Waals surface area contributed by atoms with Crippen molar-refractivity contribution in [1.82, 2.24) is 4.90 Å². The number of piperidine rings is 1. The number of fused-ring (bicyclic) bond motifs is 2. The summed E-state index contributed by atoms with van der Waals surface area (Å²) in [6.07, 6.45) is 13.1. The summed E-state index contributed by atoms with van der Waals surface area (Å²) in [7, 11) is 0. The molecule has 3 unspecified atom stereocenters. The van der Waals surface area contributed by atoms with Crippen molar-refractivity contribution >= 4 is 0 Å². The van der Waals surface area contributed by atoms with Crippen molar-refractivity contribution in [3.63, 3.8) is 0 Å². The molecule has 3 atom stereocenters. The molecule has 3 rings (SSSR count). The fraction of sp³-hybridized carbons (Fsp3) is 1.00. The molecule has 0 aromatic heterocycles. The van der Waals surface area contributed by atoms with E-state index in [-0.39, 0.29) is 0 Å². The van der Waals surface area contributed by atoms with E-state index >= 15 is 0 Å². The normalized spacial score (nSPS) is 36.5. The van der Waals surface area contributed by atoms with E-state index in [1.54, 1.807) is 0 Å². The molecule has 1 saturated heterocycles. The zero-order chi connectivity index (χ0) is 11.7. The fourth-order valence-electron chi connectivity index (χ4n) is 4.58. The van der Waals surface area contributed by atoms with Gasteiger partial charge in [0.05, 0.1) is 0 Å². The lowest BCUT2D eigenvalue weighted by Gasteiger charge is -2.37. The number of hydrogen-bond acceptors (Lipinski definition) is 2. The largest absolute Gasteiger partial charge is 0.329 e. The maximum atomic E-state index is 6.06. The lowest BCUT2D eigenvalue weighted by atomic mass is 9.84. The highest BCUT2D eigenvalue weighted by atomic mass is 15.2. The minimum Gasteiger partial charge on any atom is -0.329 e. The molecule has 2 aliphatic carbocycles. The molecular weight excluding hydrogens is 208 g/mol. The van der Waals surface area contributed by atoms with Crippen LogP contribution in [0, 0.1) is 11.8 Å². The van der Waals surface area contributed by atoms with Gasteiger partial charge in [0.15, 0.2) is 0 Å². The van der Waals surface area contributed by atoms with Crippen molar-refractivity contribution in [2.24, 2.45) is 17.6 Å². The lowest BCUT2D eigenvalue weighted by Crippen LogP contribution is -2.46. The van der Waals surface area contributed by atoms with Gasteiger partial charge in [-0.3, -0.25) is 4.90 Å². The number of hydrogen-bond donors (Lipinski definition) is 1. The van der Waals surface area contributed by atoms with Gasteiger partial charge in [0.2, 0.25) is 0 Å². The third-order valence-electron chi connectivity index (χ3n) is 5.52. The molecular formula is C15H28N2. The van der Waals surface area contributed by atoms with Crippen LogP contribution in [0.1, 0.15) is 57.8 Å². The Balaban J connectivity index is 1.55. The summed E-state index contributed by atoms with van der Waals surface area (Å²) < 4.78 is 0. The van der Waals surface area contributed by atoms with E-state index in [1.165, 1.54) is 64.3 Å². The second-order valence-electron chi connectivity index (χ2n) is 6.66. The quantitative estimate of drug-likeness (QED) is 0.813. The maximum absolute atomic E-state index is 6.06. The first-order chi connectivity index (χ1) is 8.36. The molecule has 2 saturated carbocycles. The Morgan fingerprint density at radius 1 is 1.06 bits per heavy atom. The van der Waals surface area contributed by atoms with E-state index in [1.807, 2.05) is 0 Å². The summed E-state index contributed by atoms with van der Waals surface area (Å²) in [4.78, 5) is 2.78. The summed E-state index contributed by atoms with van der Waals surface area (Å²) in [5, 5.41) is 0. The van der Waals surface area contributed by atoms with Gasteiger partial charge in [0, 0.05) is 25.2 Å². The van der Waals surface area contributed by atoms with E-state index in [0.29, 0.717) is 6.04 Å². The van der Waals surface area contributed by atoms with Crippen molar-refractivity contribution in [2.75, 3.05) is 13.1 Å². The van der Waals surface area contributed by atoms with E-state index in [2.05, 4.69) is 4.90 Å². The predicted octanol–water partition coefficient (Wildman–Crippen LogP) is 2.77. The van der Waals surface area contributed by atoms with Crippen molar-refractivity contribution in [2.45, 2.75) is 69.9 Å². The first-order valence-electron chi connectivity index (χ1n) is 7.82. The van der Waals surface area contributed by atoms with Crippen LogP contribution in [0.5, 0.6) is 0 Å². The molecule has 0 aromatic carbocycles. The molecule has 2 nitrogen and oxygen atoms in total. The Morgan fingerprint density at radius 3 is 2.47 bits per heavy atom. The monoisotopic (exact) mass is 236 g/mol. The molecule has 17 heavy (non-hydrogen) atoms.